The van der Waals surface area contributed by atoms with E-state index in [9.17, 15) is 0 Å². The van der Waals surface area contributed by atoms with Gasteiger partial charge >= 0.3 is 0 Å². The van der Waals surface area contributed by atoms with Crippen molar-refractivity contribution >= 4 is 11.6 Å². The van der Waals surface area contributed by atoms with E-state index in [1.54, 1.807) is 0 Å². The maximum Gasteiger partial charge on any atom is 0.0153 e. The molecule has 64 valence electrons. The molecule has 12 heavy (non-hydrogen) atoms. The summed E-state index contributed by atoms with van der Waals surface area (Å²) < 4.78 is 0. The lowest BCUT2D eigenvalue weighted by Crippen LogP contribution is -1.91. The third-order valence-corrected chi connectivity index (χ3v) is 2.23. The number of aryl methyl sites for hydroxylation is 1. The highest BCUT2D eigenvalue weighted by Crippen LogP contribution is 2.16. The molecule has 0 amide bonds. The maximum atomic E-state index is 5.74. The quantitative estimate of drug-likeness (QED) is 0.653. The Balaban J connectivity index is 3.00. The first-order valence-corrected chi connectivity index (χ1v) is 4.37. The number of allylic oxidation sites excluding steroid dienone is 1. The molecule has 0 unspecified atom stereocenters. The fraction of sp³-hybridized carbons (Fsp3) is 0.273. The van der Waals surface area contributed by atoms with Crippen molar-refractivity contribution in [3.05, 3.63) is 46.5 Å². The van der Waals surface area contributed by atoms with Crippen molar-refractivity contribution in [1.82, 2.24) is 0 Å². The van der Waals surface area contributed by atoms with Crippen molar-refractivity contribution in [2.75, 3.05) is 0 Å². The van der Waals surface area contributed by atoms with E-state index in [1.807, 2.05) is 0 Å². The second-order valence-electron chi connectivity index (χ2n) is 3.05. The number of hydrogen-bond donors (Lipinski definition) is 0. The molecule has 0 fully saturated rings. The highest BCUT2D eigenvalue weighted by Gasteiger charge is 2.00. The average molecular weight is 181 g/mol. The SMILES string of the molecule is C=C(Cl)Cc1cccc(C)c1C. The molecule has 0 nitrogen and oxygen atoms in total. The van der Waals surface area contributed by atoms with Gasteiger partial charge in [0.2, 0.25) is 0 Å². The van der Waals surface area contributed by atoms with Crippen LogP contribution in [0.5, 0.6) is 0 Å². The van der Waals surface area contributed by atoms with Crippen LogP contribution in [0.15, 0.2) is 29.8 Å². The zero-order chi connectivity index (χ0) is 9.14. The van der Waals surface area contributed by atoms with Crippen LogP contribution in [-0.2, 0) is 6.42 Å². The van der Waals surface area contributed by atoms with E-state index in [0.717, 1.165) is 6.42 Å². The van der Waals surface area contributed by atoms with Crippen molar-refractivity contribution in [2.45, 2.75) is 20.3 Å². The smallest absolute Gasteiger partial charge is 0.0153 e. The zero-order valence-corrected chi connectivity index (χ0v) is 8.28. The molecular weight excluding hydrogens is 168 g/mol. The first-order valence-electron chi connectivity index (χ1n) is 3.99. The molecule has 0 aliphatic rings. The van der Waals surface area contributed by atoms with E-state index in [0.29, 0.717) is 5.03 Å². The predicted octanol–water partition coefficient (Wildman–Crippen LogP) is 3.60. The van der Waals surface area contributed by atoms with Gasteiger partial charge in [-0.25, -0.2) is 0 Å². The molecule has 0 atom stereocenters. The van der Waals surface area contributed by atoms with Crippen LogP contribution in [-0.4, -0.2) is 0 Å². The zero-order valence-electron chi connectivity index (χ0n) is 7.52. The normalized spacial score (nSPS) is 9.92. The van der Waals surface area contributed by atoms with Crippen LogP contribution in [0.25, 0.3) is 0 Å². The fourth-order valence-electron chi connectivity index (χ4n) is 1.21. The van der Waals surface area contributed by atoms with Crippen LogP contribution < -0.4 is 0 Å². The van der Waals surface area contributed by atoms with Gasteiger partial charge in [-0.3, -0.25) is 0 Å². The van der Waals surface area contributed by atoms with Gasteiger partial charge in [0.25, 0.3) is 0 Å². The van der Waals surface area contributed by atoms with Crippen LogP contribution in [0.1, 0.15) is 16.7 Å². The Labute approximate surface area is 78.9 Å². The molecule has 0 aromatic heterocycles. The van der Waals surface area contributed by atoms with Crippen LogP contribution in [0.3, 0.4) is 0 Å². The predicted molar refractivity (Wildman–Crippen MR) is 54.6 cm³/mol. The summed E-state index contributed by atoms with van der Waals surface area (Å²) in [7, 11) is 0. The summed E-state index contributed by atoms with van der Waals surface area (Å²) in [6.07, 6.45) is 0.773. The van der Waals surface area contributed by atoms with Crippen molar-refractivity contribution in [1.29, 1.82) is 0 Å². The molecule has 0 radical (unpaired) electrons. The van der Waals surface area contributed by atoms with Gasteiger partial charge in [0, 0.05) is 11.5 Å². The third kappa shape index (κ3) is 2.12. The van der Waals surface area contributed by atoms with Gasteiger partial charge in [-0.2, -0.15) is 0 Å². The summed E-state index contributed by atoms with van der Waals surface area (Å²) in [5, 5.41) is 0.698. The molecule has 0 N–H and O–H groups in total. The Morgan fingerprint density at radius 3 is 2.67 bits per heavy atom. The van der Waals surface area contributed by atoms with Gasteiger partial charge in [-0.05, 0) is 30.5 Å². The molecule has 0 aliphatic carbocycles. The minimum atomic E-state index is 0.698. The highest BCUT2D eigenvalue weighted by molar-refractivity contribution is 6.29. The molecule has 0 heterocycles. The van der Waals surface area contributed by atoms with Gasteiger partial charge < -0.3 is 0 Å². The van der Waals surface area contributed by atoms with E-state index in [4.69, 9.17) is 11.6 Å². The van der Waals surface area contributed by atoms with Crippen LogP contribution >= 0.6 is 11.6 Å². The van der Waals surface area contributed by atoms with Gasteiger partial charge in [-0.1, -0.05) is 36.4 Å². The van der Waals surface area contributed by atoms with Crippen molar-refractivity contribution < 1.29 is 0 Å². The summed E-state index contributed by atoms with van der Waals surface area (Å²) >= 11 is 5.74. The van der Waals surface area contributed by atoms with Gasteiger partial charge in [0.05, 0.1) is 0 Å². The second kappa shape index (κ2) is 3.77. The van der Waals surface area contributed by atoms with Crippen molar-refractivity contribution in [3.8, 4) is 0 Å². The first-order chi connectivity index (χ1) is 5.61. The molecule has 0 aliphatic heterocycles. The summed E-state index contributed by atoms with van der Waals surface area (Å²) in [6.45, 7) is 7.91. The molecule has 1 rings (SSSR count). The third-order valence-electron chi connectivity index (χ3n) is 2.10. The average Bonchev–Trinajstić information content (AvgIpc) is 1.98. The molecule has 0 bridgehead atoms. The standard InChI is InChI=1S/C11H13Cl/c1-8-5-4-6-11(10(8)3)7-9(2)12/h4-6H,2,7H2,1,3H3. The molecule has 0 spiro atoms. The van der Waals surface area contributed by atoms with Crippen LogP contribution in [0.4, 0.5) is 0 Å². The van der Waals surface area contributed by atoms with Crippen LogP contribution in [0, 0.1) is 13.8 Å². The molecule has 1 aromatic carbocycles. The Morgan fingerprint density at radius 1 is 1.42 bits per heavy atom. The van der Waals surface area contributed by atoms with Crippen molar-refractivity contribution in [3.63, 3.8) is 0 Å². The Hall–Kier alpha value is -0.750. The molecule has 1 heteroatoms. The van der Waals surface area contributed by atoms with E-state index < -0.39 is 0 Å². The lowest BCUT2D eigenvalue weighted by molar-refractivity contribution is 1.17. The largest absolute Gasteiger partial charge is 0.0894 e. The Bertz CT molecular complexity index is 300. The molecule has 0 saturated carbocycles. The molecule has 1 aromatic rings. The summed E-state index contributed by atoms with van der Waals surface area (Å²) in [4.78, 5) is 0. The number of halogens is 1. The summed E-state index contributed by atoms with van der Waals surface area (Å²) in [6, 6.07) is 6.25. The molecular formula is C11H13Cl. The van der Waals surface area contributed by atoms with E-state index in [1.165, 1.54) is 16.7 Å². The fourth-order valence-corrected chi connectivity index (χ4v) is 1.35. The van der Waals surface area contributed by atoms with Crippen molar-refractivity contribution in [2.24, 2.45) is 0 Å². The van der Waals surface area contributed by atoms with E-state index in [-0.39, 0.29) is 0 Å². The summed E-state index contributed by atoms with van der Waals surface area (Å²) in [5.41, 5.74) is 3.90. The number of benzene rings is 1. The minimum absolute atomic E-state index is 0.698. The maximum absolute atomic E-state index is 5.74. The summed E-state index contributed by atoms with van der Waals surface area (Å²) in [5.74, 6) is 0. The van der Waals surface area contributed by atoms with Gasteiger partial charge in [0.1, 0.15) is 0 Å². The first kappa shape index (κ1) is 9.34. The second-order valence-corrected chi connectivity index (χ2v) is 3.59. The van der Waals surface area contributed by atoms with Gasteiger partial charge in [-0.15, -0.1) is 0 Å². The Kier molecular flexibility index (Phi) is 2.93. The monoisotopic (exact) mass is 180 g/mol. The topological polar surface area (TPSA) is 0 Å². The van der Waals surface area contributed by atoms with Gasteiger partial charge in [0.15, 0.2) is 0 Å². The Morgan fingerprint density at radius 2 is 2.08 bits per heavy atom. The van der Waals surface area contributed by atoms with E-state index in [2.05, 4.69) is 38.6 Å². The minimum Gasteiger partial charge on any atom is -0.0894 e. The molecule has 0 saturated heterocycles. The van der Waals surface area contributed by atoms with E-state index >= 15 is 0 Å². The van der Waals surface area contributed by atoms with Crippen LogP contribution in [0.2, 0.25) is 0 Å². The number of rotatable bonds is 2. The highest BCUT2D eigenvalue weighted by atomic mass is 35.5. The number of hydrogen-bond acceptors (Lipinski definition) is 0. The lowest BCUT2D eigenvalue weighted by atomic mass is 10.0. The lowest BCUT2D eigenvalue weighted by Gasteiger charge is -2.06.